The molecule has 2 atom stereocenters. The molecule has 0 aliphatic carbocycles. The van der Waals surface area contributed by atoms with Gasteiger partial charge in [-0.05, 0) is 55.8 Å². The van der Waals surface area contributed by atoms with E-state index in [1.807, 2.05) is 31.2 Å². The van der Waals surface area contributed by atoms with Crippen molar-refractivity contribution in [2.24, 2.45) is 0 Å². The number of methoxy groups -OCH3 is 2. The summed E-state index contributed by atoms with van der Waals surface area (Å²) in [7, 11) is -0.564. The van der Waals surface area contributed by atoms with Crippen LogP contribution in [0, 0.1) is 0 Å². The van der Waals surface area contributed by atoms with Crippen LogP contribution in [0.2, 0.25) is 0 Å². The van der Waals surface area contributed by atoms with Gasteiger partial charge in [0.2, 0.25) is 15.9 Å². The van der Waals surface area contributed by atoms with Gasteiger partial charge in [0, 0.05) is 0 Å². The van der Waals surface area contributed by atoms with E-state index in [4.69, 9.17) is 9.47 Å². The van der Waals surface area contributed by atoms with Crippen LogP contribution in [0.4, 0.5) is 5.69 Å². The molecule has 0 saturated heterocycles. The van der Waals surface area contributed by atoms with Crippen molar-refractivity contribution in [2.45, 2.75) is 25.9 Å². The molecule has 152 valence electrons. The molecular formula is C20H26N2O5S. The summed E-state index contributed by atoms with van der Waals surface area (Å²) in [5, 5.41) is 2.87. The van der Waals surface area contributed by atoms with Crippen molar-refractivity contribution in [3.63, 3.8) is 0 Å². The SMILES string of the molecule is COc1ccc([C@@H](C)NC(=O)[C@@H](C)N(c2ccc(OC)cc2)S(C)(=O)=O)cc1. The van der Waals surface area contributed by atoms with Gasteiger partial charge in [-0.1, -0.05) is 12.1 Å². The van der Waals surface area contributed by atoms with E-state index in [1.165, 1.54) is 7.11 Å². The van der Waals surface area contributed by atoms with E-state index in [1.54, 1.807) is 38.3 Å². The molecule has 0 aliphatic heterocycles. The number of sulfonamides is 1. The Morgan fingerprint density at radius 3 is 1.82 bits per heavy atom. The number of benzene rings is 2. The molecule has 0 bridgehead atoms. The van der Waals surface area contributed by atoms with Crippen LogP contribution in [-0.4, -0.2) is 40.8 Å². The van der Waals surface area contributed by atoms with Gasteiger partial charge in [-0.15, -0.1) is 0 Å². The van der Waals surface area contributed by atoms with Gasteiger partial charge in [0.1, 0.15) is 17.5 Å². The number of nitrogens with zero attached hydrogens (tertiary/aromatic N) is 1. The predicted octanol–water partition coefficient (Wildman–Crippen LogP) is 2.74. The smallest absolute Gasteiger partial charge is 0.244 e. The second-order valence-electron chi connectivity index (χ2n) is 6.44. The molecule has 2 aromatic carbocycles. The fourth-order valence-corrected chi connectivity index (χ4v) is 4.02. The van der Waals surface area contributed by atoms with Crippen LogP contribution >= 0.6 is 0 Å². The Kier molecular flexibility index (Phi) is 6.90. The summed E-state index contributed by atoms with van der Waals surface area (Å²) in [6, 6.07) is 12.6. The van der Waals surface area contributed by atoms with Crippen LogP contribution in [0.3, 0.4) is 0 Å². The van der Waals surface area contributed by atoms with Crippen molar-refractivity contribution >= 4 is 21.6 Å². The number of nitrogens with one attached hydrogen (secondary N) is 1. The largest absolute Gasteiger partial charge is 0.497 e. The lowest BCUT2D eigenvalue weighted by molar-refractivity contribution is -0.122. The Morgan fingerprint density at radius 1 is 0.929 bits per heavy atom. The number of carbonyl (C=O) groups excluding carboxylic acids is 1. The number of amides is 1. The monoisotopic (exact) mass is 406 g/mol. The number of carbonyl (C=O) groups is 1. The molecule has 28 heavy (non-hydrogen) atoms. The molecule has 1 amide bonds. The third kappa shape index (κ3) is 5.16. The van der Waals surface area contributed by atoms with E-state index in [9.17, 15) is 13.2 Å². The van der Waals surface area contributed by atoms with Crippen LogP contribution in [-0.2, 0) is 14.8 Å². The Morgan fingerprint density at radius 2 is 1.39 bits per heavy atom. The molecule has 0 saturated carbocycles. The summed E-state index contributed by atoms with van der Waals surface area (Å²) >= 11 is 0. The highest BCUT2D eigenvalue weighted by atomic mass is 32.2. The Balaban J connectivity index is 2.20. The van der Waals surface area contributed by atoms with E-state index in [0.29, 0.717) is 11.4 Å². The standard InChI is InChI=1S/C20H26N2O5S/c1-14(16-6-10-18(26-3)11-7-16)21-20(23)15(2)22(28(5,24)25)17-8-12-19(27-4)13-9-17/h6-15H,1-5H3,(H,21,23)/t14-,15-/m1/s1. The van der Waals surface area contributed by atoms with E-state index in [2.05, 4.69) is 5.32 Å². The summed E-state index contributed by atoms with van der Waals surface area (Å²) in [5.74, 6) is 0.922. The number of rotatable bonds is 8. The van der Waals surface area contributed by atoms with Gasteiger partial charge in [0.15, 0.2) is 0 Å². The number of anilines is 1. The molecule has 0 radical (unpaired) electrons. The highest BCUT2D eigenvalue weighted by molar-refractivity contribution is 7.92. The van der Waals surface area contributed by atoms with Crippen LogP contribution in [0.1, 0.15) is 25.5 Å². The third-order valence-corrected chi connectivity index (χ3v) is 5.63. The summed E-state index contributed by atoms with van der Waals surface area (Å²) in [6.45, 7) is 3.39. The number of hydrogen-bond acceptors (Lipinski definition) is 5. The summed E-state index contributed by atoms with van der Waals surface area (Å²) in [6.07, 6.45) is 1.08. The van der Waals surface area contributed by atoms with E-state index in [0.717, 1.165) is 21.9 Å². The lowest BCUT2D eigenvalue weighted by Crippen LogP contribution is -2.48. The fraction of sp³-hybridized carbons (Fsp3) is 0.350. The van der Waals surface area contributed by atoms with Crippen molar-refractivity contribution in [2.75, 3.05) is 24.8 Å². The van der Waals surface area contributed by atoms with Crippen molar-refractivity contribution in [3.8, 4) is 11.5 Å². The average Bonchev–Trinajstić information content (AvgIpc) is 2.67. The van der Waals surface area contributed by atoms with Gasteiger partial charge in [-0.3, -0.25) is 9.10 Å². The molecule has 7 nitrogen and oxygen atoms in total. The summed E-state index contributed by atoms with van der Waals surface area (Å²) in [5.41, 5.74) is 1.28. The highest BCUT2D eigenvalue weighted by Gasteiger charge is 2.29. The molecule has 2 aromatic rings. The van der Waals surface area contributed by atoms with Crippen molar-refractivity contribution in [3.05, 3.63) is 54.1 Å². The zero-order chi connectivity index (χ0) is 20.9. The van der Waals surface area contributed by atoms with E-state index < -0.39 is 22.0 Å². The molecule has 0 spiro atoms. The molecule has 0 aliphatic rings. The van der Waals surface area contributed by atoms with Crippen LogP contribution in [0.15, 0.2) is 48.5 Å². The van der Waals surface area contributed by atoms with Crippen LogP contribution < -0.4 is 19.1 Å². The van der Waals surface area contributed by atoms with E-state index in [-0.39, 0.29) is 6.04 Å². The fourth-order valence-electron chi connectivity index (χ4n) is 2.85. The third-order valence-electron chi connectivity index (χ3n) is 4.39. The maximum atomic E-state index is 12.8. The first-order valence-electron chi connectivity index (χ1n) is 8.75. The lowest BCUT2D eigenvalue weighted by atomic mass is 10.1. The van der Waals surface area contributed by atoms with Gasteiger partial charge in [-0.25, -0.2) is 8.42 Å². The Bertz CT molecular complexity index is 895. The lowest BCUT2D eigenvalue weighted by Gasteiger charge is -2.29. The molecule has 0 heterocycles. The Hall–Kier alpha value is -2.74. The zero-order valence-electron chi connectivity index (χ0n) is 16.7. The summed E-state index contributed by atoms with van der Waals surface area (Å²) < 4.78 is 36.1. The molecule has 1 N–H and O–H groups in total. The molecule has 8 heteroatoms. The van der Waals surface area contributed by atoms with Gasteiger partial charge < -0.3 is 14.8 Å². The average molecular weight is 407 g/mol. The molecule has 0 unspecified atom stereocenters. The normalized spacial score (nSPS) is 13.3. The van der Waals surface area contributed by atoms with Crippen LogP contribution in [0.25, 0.3) is 0 Å². The molecule has 0 fully saturated rings. The van der Waals surface area contributed by atoms with Crippen LogP contribution in [0.5, 0.6) is 11.5 Å². The first kappa shape index (κ1) is 21.6. The van der Waals surface area contributed by atoms with Gasteiger partial charge >= 0.3 is 0 Å². The maximum Gasteiger partial charge on any atom is 0.244 e. The van der Waals surface area contributed by atoms with Crippen molar-refractivity contribution in [1.29, 1.82) is 0 Å². The van der Waals surface area contributed by atoms with Gasteiger partial charge in [0.25, 0.3) is 0 Å². The topological polar surface area (TPSA) is 84.9 Å². The quantitative estimate of drug-likeness (QED) is 0.729. The number of ether oxygens (including phenoxy) is 2. The minimum Gasteiger partial charge on any atom is -0.497 e. The second kappa shape index (κ2) is 8.97. The molecule has 2 rings (SSSR count). The zero-order valence-corrected chi connectivity index (χ0v) is 17.5. The Labute approximate surface area is 166 Å². The number of hydrogen-bond donors (Lipinski definition) is 1. The van der Waals surface area contributed by atoms with Crippen molar-refractivity contribution < 1.29 is 22.7 Å². The van der Waals surface area contributed by atoms with Gasteiger partial charge in [-0.2, -0.15) is 0 Å². The first-order valence-corrected chi connectivity index (χ1v) is 10.6. The minimum absolute atomic E-state index is 0.293. The van der Waals surface area contributed by atoms with Crippen molar-refractivity contribution in [1.82, 2.24) is 5.32 Å². The molecular weight excluding hydrogens is 380 g/mol. The molecule has 0 aromatic heterocycles. The minimum atomic E-state index is -3.68. The second-order valence-corrected chi connectivity index (χ2v) is 8.30. The first-order chi connectivity index (χ1) is 13.2. The van der Waals surface area contributed by atoms with Gasteiger partial charge in [0.05, 0.1) is 32.2 Å². The predicted molar refractivity (Wildman–Crippen MR) is 109 cm³/mol. The van der Waals surface area contributed by atoms with E-state index >= 15 is 0 Å². The highest BCUT2D eigenvalue weighted by Crippen LogP contribution is 2.24. The summed E-state index contributed by atoms with van der Waals surface area (Å²) in [4.78, 5) is 12.8. The maximum absolute atomic E-state index is 12.8.